The van der Waals surface area contributed by atoms with E-state index in [1.165, 1.54) is 0 Å². The van der Waals surface area contributed by atoms with Crippen LogP contribution in [0.3, 0.4) is 0 Å². The van der Waals surface area contributed by atoms with E-state index in [4.69, 9.17) is 21.1 Å². The van der Waals surface area contributed by atoms with Crippen LogP contribution in [0.2, 0.25) is 5.02 Å². The molecule has 0 amide bonds. The number of ether oxygens (including phenoxy) is 2. The predicted molar refractivity (Wildman–Crippen MR) is 84.1 cm³/mol. The average Bonchev–Trinajstić information content (AvgIpc) is 2.46. The number of rotatable bonds is 6. The predicted octanol–water partition coefficient (Wildman–Crippen LogP) is 3.76. The molecule has 0 spiro atoms. The van der Waals surface area contributed by atoms with Gasteiger partial charge in [-0.2, -0.15) is 0 Å². The van der Waals surface area contributed by atoms with Crippen LogP contribution < -0.4 is 4.74 Å². The maximum atomic E-state index is 10.6. The molecule has 0 heterocycles. The molecule has 1 N–H and O–H groups in total. The van der Waals surface area contributed by atoms with E-state index in [1.54, 1.807) is 13.2 Å². The quantitative estimate of drug-likeness (QED) is 0.826. The largest absolute Gasteiger partial charge is 0.491 e. The van der Waals surface area contributed by atoms with Crippen LogP contribution in [0.5, 0.6) is 5.75 Å². The molecule has 0 aliphatic heterocycles. The maximum Gasteiger partial charge on any atom is 0.125 e. The molecule has 1 unspecified atom stereocenters. The van der Waals surface area contributed by atoms with Gasteiger partial charge in [-0.1, -0.05) is 35.9 Å². The van der Waals surface area contributed by atoms with E-state index >= 15 is 0 Å². The molecular weight excluding hydrogens is 288 g/mol. The molecule has 0 saturated heterocycles. The number of aliphatic hydroxyl groups excluding tert-OH is 1. The topological polar surface area (TPSA) is 38.7 Å². The van der Waals surface area contributed by atoms with E-state index < -0.39 is 6.10 Å². The Hall–Kier alpha value is -1.55. The number of halogens is 1. The van der Waals surface area contributed by atoms with Crippen molar-refractivity contribution in [3.8, 4) is 5.75 Å². The Balaban J connectivity index is 2.27. The molecule has 112 valence electrons. The molecule has 0 fully saturated rings. The lowest BCUT2D eigenvalue weighted by Crippen LogP contribution is -2.08. The van der Waals surface area contributed by atoms with Crippen molar-refractivity contribution in [3.05, 3.63) is 64.2 Å². The SMILES string of the molecule is COCCOc1ccccc1C(O)c1cc(C)cc(Cl)c1. The third-order valence-corrected chi connectivity index (χ3v) is 3.36. The highest BCUT2D eigenvalue weighted by atomic mass is 35.5. The van der Waals surface area contributed by atoms with Gasteiger partial charge >= 0.3 is 0 Å². The van der Waals surface area contributed by atoms with Gasteiger partial charge in [0.25, 0.3) is 0 Å². The van der Waals surface area contributed by atoms with Crippen LogP contribution in [0.1, 0.15) is 22.8 Å². The Morgan fingerprint density at radius 3 is 2.62 bits per heavy atom. The second-order valence-electron chi connectivity index (χ2n) is 4.84. The summed E-state index contributed by atoms with van der Waals surface area (Å²) in [5.41, 5.74) is 2.48. The summed E-state index contributed by atoms with van der Waals surface area (Å²) in [7, 11) is 1.62. The van der Waals surface area contributed by atoms with Crippen molar-refractivity contribution in [3.63, 3.8) is 0 Å². The molecule has 1 atom stereocenters. The first-order valence-electron chi connectivity index (χ1n) is 6.77. The number of benzene rings is 2. The highest BCUT2D eigenvalue weighted by Crippen LogP contribution is 2.31. The van der Waals surface area contributed by atoms with Gasteiger partial charge in [0, 0.05) is 17.7 Å². The highest BCUT2D eigenvalue weighted by molar-refractivity contribution is 6.30. The monoisotopic (exact) mass is 306 g/mol. The molecule has 2 aromatic carbocycles. The summed E-state index contributed by atoms with van der Waals surface area (Å²) in [5, 5.41) is 11.2. The summed E-state index contributed by atoms with van der Waals surface area (Å²) in [6.07, 6.45) is -0.777. The van der Waals surface area contributed by atoms with Crippen molar-refractivity contribution in [1.29, 1.82) is 0 Å². The number of methoxy groups -OCH3 is 1. The Morgan fingerprint density at radius 1 is 1.14 bits per heavy atom. The second kappa shape index (κ2) is 7.46. The lowest BCUT2D eigenvalue weighted by Gasteiger charge is -2.17. The zero-order valence-corrected chi connectivity index (χ0v) is 12.9. The fraction of sp³-hybridized carbons (Fsp3) is 0.294. The summed E-state index contributed by atoms with van der Waals surface area (Å²) in [4.78, 5) is 0. The number of para-hydroxylation sites is 1. The van der Waals surface area contributed by atoms with Gasteiger partial charge in [-0.05, 0) is 36.2 Å². The van der Waals surface area contributed by atoms with E-state index in [2.05, 4.69) is 0 Å². The smallest absolute Gasteiger partial charge is 0.125 e. The molecular formula is C17H19ClO3. The van der Waals surface area contributed by atoms with Gasteiger partial charge in [0.15, 0.2) is 0 Å². The van der Waals surface area contributed by atoms with E-state index in [0.29, 0.717) is 24.0 Å². The Labute approximate surface area is 130 Å². The molecule has 0 bridgehead atoms. The molecule has 2 rings (SSSR count). The Kier molecular flexibility index (Phi) is 5.62. The van der Waals surface area contributed by atoms with Crippen molar-refractivity contribution >= 4 is 11.6 Å². The number of hydrogen-bond acceptors (Lipinski definition) is 3. The first kappa shape index (κ1) is 15.8. The zero-order valence-electron chi connectivity index (χ0n) is 12.2. The van der Waals surface area contributed by atoms with Gasteiger partial charge in [-0.25, -0.2) is 0 Å². The summed E-state index contributed by atoms with van der Waals surface area (Å²) < 4.78 is 10.6. The van der Waals surface area contributed by atoms with Crippen LogP contribution in [-0.2, 0) is 4.74 Å². The first-order chi connectivity index (χ1) is 10.1. The summed E-state index contributed by atoms with van der Waals surface area (Å²) in [5.74, 6) is 0.652. The standard InChI is InChI=1S/C17H19ClO3/c1-12-9-13(11-14(18)10-12)17(19)15-5-3-4-6-16(15)21-8-7-20-2/h3-6,9-11,17,19H,7-8H2,1-2H3. The summed E-state index contributed by atoms with van der Waals surface area (Å²) in [6, 6.07) is 13.0. The van der Waals surface area contributed by atoms with Crippen LogP contribution in [0.25, 0.3) is 0 Å². The van der Waals surface area contributed by atoms with Gasteiger partial charge < -0.3 is 14.6 Å². The van der Waals surface area contributed by atoms with Gasteiger partial charge in [0.2, 0.25) is 0 Å². The molecule has 0 radical (unpaired) electrons. The van der Waals surface area contributed by atoms with E-state index in [-0.39, 0.29) is 0 Å². The van der Waals surface area contributed by atoms with Crippen molar-refractivity contribution in [2.75, 3.05) is 20.3 Å². The molecule has 0 aromatic heterocycles. The second-order valence-corrected chi connectivity index (χ2v) is 5.28. The molecule has 2 aromatic rings. The zero-order chi connectivity index (χ0) is 15.2. The van der Waals surface area contributed by atoms with Crippen LogP contribution >= 0.6 is 11.6 Å². The van der Waals surface area contributed by atoms with E-state index in [1.807, 2.05) is 43.3 Å². The first-order valence-corrected chi connectivity index (χ1v) is 7.15. The normalized spacial score (nSPS) is 12.2. The van der Waals surface area contributed by atoms with E-state index in [9.17, 15) is 5.11 Å². The minimum atomic E-state index is -0.777. The molecule has 0 aliphatic carbocycles. The third kappa shape index (κ3) is 4.21. The maximum absolute atomic E-state index is 10.6. The number of aryl methyl sites for hydroxylation is 1. The Bertz CT molecular complexity index is 578. The molecule has 21 heavy (non-hydrogen) atoms. The van der Waals surface area contributed by atoms with Crippen LogP contribution in [0.4, 0.5) is 0 Å². The van der Waals surface area contributed by atoms with Crippen LogP contribution in [0.15, 0.2) is 42.5 Å². The molecule has 3 nitrogen and oxygen atoms in total. The number of hydrogen-bond donors (Lipinski definition) is 1. The number of aliphatic hydroxyl groups is 1. The lowest BCUT2D eigenvalue weighted by molar-refractivity contribution is 0.142. The van der Waals surface area contributed by atoms with Gasteiger partial charge in [0.1, 0.15) is 18.5 Å². The Morgan fingerprint density at radius 2 is 1.90 bits per heavy atom. The average molecular weight is 307 g/mol. The minimum absolute atomic E-state index is 0.439. The van der Waals surface area contributed by atoms with E-state index in [0.717, 1.165) is 16.7 Å². The molecule has 0 saturated carbocycles. The van der Waals surface area contributed by atoms with Gasteiger partial charge in [-0.15, -0.1) is 0 Å². The van der Waals surface area contributed by atoms with Crippen LogP contribution in [0, 0.1) is 6.92 Å². The van der Waals surface area contributed by atoms with Gasteiger partial charge in [-0.3, -0.25) is 0 Å². The van der Waals surface area contributed by atoms with Crippen molar-refractivity contribution in [1.82, 2.24) is 0 Å². The summed E-state index contributed by atoms with van der Waals surface area (Å²) >= 11 is 6.06. The fourth-order valence-electron chi connectivity index (χ4n) is 2.17. The molecule has 4 heteroatoms. The van der Waals surface area contributed by atoms with Gasteiger partial charge in [0.05, 0.1) is 6.61 Å². The van der Waals surface area contributed by atoms with Crippen molar-refractivity contribution in [2.45, 2.75) is 13.0 Å². The highest BCUT2D eigenvalue weighted by Gasteiger charge is 2.16. The van der Waals surface area contributed by atoms with Crippen LogP contribution in [-0.4, -0.2) is 25.4 Å². The molecule has 0 aliphatic rings. The summed E-state index contributed by atoms with van der Waals surface area (Å²) in [6.45, 7) is 2.89. The third-order valence-electron chi connectivity index (χ3n) is 3.14. The minimum Gasteiger partial charge on any atom is -0.491 e. The van der Waals surface area contributed by atoms with Crippen molar-refractivity contribution < 1.29 is 14.6 Å². The fourth-order valence-corrected chi connectivity index (χ4v) is 2.47. The lowest BCUT2D eigenvalue weighted by atomic mass is 9.99. The van der Waals surface area contributed by atoms with Crippen molar-refractivity contribution in [2.24, 2.45) is 0 Å².